The molecule has 2 aromatic carbocycles. The summed E-state index contributed by atoms with van der Waals surface area (Å²) in [5, 5.41) is 18.4. The number of fused-ring (bicyclic) bond motifs is 1. The molecule has 2 aromatic heterocycles. The number of nitrogens with zero attached hydrogens (tertiary/aromatic N) is 4. The summed E-state index contributed by atoms with van der Waals surface area (Å²) in [4.78, 5) is 8.79. The molecule has 0 saturated heterocycles. The van der Waals surface area contributed by atoms with Gasteiger partial charge in [0.15, 0.2) is 0 Å². The molecular formula is C21H21N5O. The zero-order valence-corrected chi connectivity index (χ0v) is 15.1. The Labute approximate surface area is 157 Å². The van der Waals surface area contributed by atoms with E-state index in [2.05, 4.69) is 20.4 Å². The van der Waals surface area contributed by atoms with Crippen molar-refractivity contribution in [3.05, 3.63) is 78.6 Å². The standard InChI is InChI=1S/C21H21N5O/c1-21(27,17-10-6-3-7-11-17)12-13-22-19-14-18(16-8-4-2-5-9-16)25-20-23-15-24-26(19)20/h2-11,14-15,22,27H,12-13H2,1H3. The smallest absolute Gasteiger partial charge is 0.254 e. The molecule has 27 heavy (non-hydrogen) atoms. The summed E-state index contributed by atoms with van der Waals surface area (Å²) in [6, 6.07) is 21.6. The first-order valence-electron chi connectivity index (χ1n) is 8.91. The first kappa shape index (κ1) is 17.2. The van der Waals surface area contributed by atoms with Crippen molar-refractivity contribution in [2.45, 2.75) is 18.9 Å². The molecule has 1 unspecified atom stereocenters. The summed E-state index contributed by atoms with van der Waals surface area (Å²) in [5.41, 5.74) is 1.83. The molecule has 1 atom stereocenters. The Morgan fingerprint density at radius 1 is 1.04 bits per heavy atom. The molecule has 2 heterocycles. The molecule has 6 nitrogen and oxygen atoms in total. The van der Waals surface area contributed by atoms with Crippen LogP contribution in [0.1, 0.15) is 18.9 Å². The highest BCUT2D eigenvalue weighted by atomic mass is 16.3. The van der Waals surface area contributed by atoms with E-state index in [1.54, 1.807) is 4.52 Å². The van der Waals surface area contributed by atoms with Gasteiger partial charge in [-0.2, -0.15) is 14.6 Å². The lowest BCUT2D eigenvalue weighted by molar-refractivity contribution is 0.0515. The maximum atomic E-state index is 10.8. The summed E-state index contributed by atoms with van der Waals surface area (Å²) in [6.07, 6.45) is 2.04. The maximum Gasteiger partial charge on any atom is 0.254 e. The molecule has 0 radical (unpaired) electrons. The molecule has 0 aliphatic rings. The van der Waals surface area contributed by atoms with Crippen molar-refractivity contribution < 1.29 is 5.11 Å². The van der Waals surface area contributed by atoms with Crippen LogP contribution in [0.3, 0.4) is 0 Å². The molecule has 4 rings (SSSR count). The van der Waals surface area contributed by atoms with E-state index in [1.165, 1.54) is 6.33 Å². The van der Waals surface area contributed by atoms with E-state index in [0.29, 0.717) is 18.7 Å². The van der Waals surface area contributed by atoms with Crippen LogP contribution in [0, 0.1) is 0 Å². The summed E-state index contributed by atoms with van der Waals surface area (Å²) < 4.78 is 1.67. The molecular weight excluding hydrogens is 338 g/mol. The van der Waals surface area contributed by atoms with Crippen LogP contribution in [0.25, 0.3) is 17.0 Å². The SMILES string of the molecule is CC(O)(CCNc1cc(-c2ccccc2)nc2ncnn12)c1ccccc1. The van der Waals surface area contributed by atoms with E-state index < -0.39 is 5.60 Å². The van der Waals surface area contributed by atoms with Crippen LogP contribution in [0.15, 0.2) is 73.1 Å². The van der Waals surface area contributed by atoms with Crippen LogP contribution >= 0.6 is 0 Å². The number of benzene rings is 2. The normalized spacial score (nSPS) is 13.4. The van der Waals surface area contributed by atoms with Gasteiger partial charge in [-0.05, 0) is 18.9 Å². The highest BCUT2D eigenvalue weighted by molar-refractivity contribution is 5.65. The predicted octanol–water partition coefficient (Wildman–Crippen LogP) is 3.50. The number of rotatable bonds is 6. The molecule has 0 spiro atoms. The van der Waals surface area contributed by atoms with Crippen LogP contribution in [0.2, 0.25) is 0 Å². The third kappa shape index (κ3) is 3.66. The fourth-order valence-electron chi connectivity index (χ4n) is 3.07. The van der Waals surface area contributed by atoms with Crippen molar-refractivity contribution in [2.24, 2.45) is 0 Å². The van der Waals surface area contributed by atoms with Crippen LogP contribution in [0.5, 0.6) is 0 Å². The van der Waals surface area contributed by atoms with Crippen molar-refractivity contribution in [1.82, 2.24) is 19.6 Å². The second kappa shape index (κ2) is 7.17. The lowest BCUT2D eigenvalue weighted by Gasteiger charge is -2.24. The Kier molecular flexibility index (Phi) is 4.56. The average Bonchev–Trinajstić information content (AvgIpc) is 3.18. The summed E-state index contributed by atoms with van der Waals surface area (Å²) >= 11 is 0. The van der Waals surface area contributed by atoms with Crippen molar-refractivity contribution in [1.29, 1.82) is 0 Å². The fourth-order valence-corrected chi connectivity index (χ4v) is 3.07. The van der Waals surface area contributed by atoms with Crippen LogP contribution in [-0.4, -0.2) is 31.2 Å². The van der Waals surface area contributed by atoms with Gasteiger partial charge in [0, 0.05) is 18.2 Å². The fraction of sp³-hybridized carbons (Fsp3) is 0.190. The minimum atomic E-state index is -0.912. The van der Waals surface area contributed by atoms with Gasteiger partial charge in [-0.15, -0.1) is 0 Å². The predicted molar refractivity (Wildman–Crippen MR) is 105 cm³/mol. The van der Waals surface area contributed by atoms with Crippen molar-refractivity contribution in [2.75, 3.05) is 11.9 Å². The first-order chi connectivity index (χ1) is 13.1. The average molecular weight is 359 g/mol. The second-order valence-electron chi connectivity index (χ2n) is 6.68. The highest BCUT2D eigenvalue weighted by Crippen LogP contribution is 2.25. The number of anilines is 1. The van der Waals surface area contributed by atoms with Gasteiger partial charge in [0.2, 0.25) is 0 Å². The van der Waals surface area contributed by atoms with E-state index in [-0.39, 0.29) is 0 Å². The van der Waals surface area contributed by atoms with E-state index >= 15 is 0 Å². The number of hydrogen-bond acceptors (Lipinski definition) is 5. The molecule has 0 aliphatic heterocycles. The second-order valence-corrected chi connectivity index (χ2v) is 6.68. The molecule has 4 aromatic rings. The van der Waals surface area contributed by atoms with Gasteiger partial charge in [0.05, 0.1) is 11.3 Å². The third-order valence-corrected chi connectivity index (χ3v) is 4.63. The van der Waals surface area contributed by atoms with E-state index in [9.17, 15) is 5.11 Å². The topological polar surface area (TPSA) is 75.3 Å². The highest BCUT2D eigenvalue weighted by Gasteiger charge is 2.22. The van der Waals surface area contributed by atoms with Gasteiger partial charge in [0.25, 0.3) is 5.78 Å². The molecule has 0 bridgehead atoms. The monoisotopic (exact) mass is 359 g/mol. The minimum Gasteiger partial charge on any atom is -0.385 e. The van der Waals surface area contributed by atoms with Gasteiger partial charge in [-0.25, -0.2) is 4.98 Å². The minimum absolute atomic E-state index is 0.536. The zero-order valence-electron chi connectivity index (χ0n) is 15.1. The number of nitrogens with one attached hydrogen (secondary N) is 1. The molecule has 0 aliphatic carbocycles. The van der Waals surface area contributed by atoms with Gasteiger partial charge < -0.3 is 10.4 Å². The lowest BCUT2D eigenvalue weighted by atomic mass is 9.93. The lowest BCUT2D eigenvalue weighted by Crippen LogP contribution is -2.25. The molecule has 0 saturated carbocycles. The van der Waals surface area contributed by atoms with Crippen molar-refractivity contribution in [3.8, 4) is 11.3 Å². The maximum absolute atomic E-state index is 10.8. The van der Waals surface area contributed by atoms with Gasteiger partial charge in [0.1, 0.15) is 12.1 Å². The summed E-state index contributed by atoms with van der Waals surface area (Å²) in [5.74, 6) is 1.33. The molecule has 2 N–H and O–H groups in total. The van der Waals surface area contributed by atoms with E-state index in [0.717, 1.165) is 22.6 Å². The van der Waals surface area contributed by atoms with Crippen LogP contribution in [-0.2, 0) is 5.60 Å². The van der Waals surface area contributed by atoms with Crippen LogP contribution in [0.4, 0.5) is 5.82 Å². The van der Waals surface area contributed by atoms with Crippen LogP contribution < -0.4 is 5.32 Å². The number of hydrogen-bond donors (Lipinski definition) is 2. The summed E-state index contributed by atoms with van der Waals surface area (Å²) in [6.45, 7) is 2.41. The Morgan fingerprint density at radius 2 is 1.74 bits per heavy atom. The Bertz CT molecular complexity index is 1030. The molecule has 0 amide bonds. The van der Waals surface area contributed by atoms with Gasteiger partial charge >= 0.3 is 0 Å². The quantitative estimate of drug-likeness (QED) is 0.551. The Hall–Kier alpha value is -3.25. The number of aromatic nitrogens is 4. The Balaban J connectivity index is 1.56. The number of aliphatic hydroxyl groups is 1. The molecule has 136 valence electrons. The van der Waals surface area contributed by atoms with Gasteiger partial charge in [-0.1, -0.05) is 60.7 Å². The first-order valence-corrected chi connectivity index (χ1v) is 8.91. The summed E-state index contributed by atoms with van der Waals surface area (Å²) in [7, 11) is 0. The van der Waals surface area contributed by atoms with Crippen molar-refractivity contribution >= 4 is 11.6 Å². The largest absolute Gasteiger partial charge is 0.385 e. The Morgan fingerprint density at radius 3 is 2.48 bits per heavy atom. The van der Waals surface area contributed by atoms with Crippen molar-refractivity contribution in [3.63, 3.8) is 0 Å². The van der Waals surface area contributed by atoms with E-state index in [4.69, 9.17) is 0 Å². The zero-order chi connectivity index (χ0) is 18.7. The molecule has 6 heteroatoms. The van der Waals surface area contributed by atoms with E-state index in [1.807, 2.05) is 73.7 Å². The third-order valence-electron chi connectivity index (χ3n) is 4.63. The molecule has 0 fully saturated rings. The van der Waals surface area contributed by atoms with Gasteiger partial charge in [-0.3, -0.25) is 0 Å².